The maximum absolute atomic E-state index is 11.7. The average Bonchev–Trinajstić information content (AvgIpc) is 2.65. The molecule has 1 amide bonds. The number of nitrogens with one attached hydrogen (secondary N) is 2. The van der Waals surface area contributed by atoms with Gasteiger partial charge >= 0.3 is 0 Å². The Hall–Kier alpha value is -0.980. The molecule has 0 saturated carbocycles. The Morgan fingerprint density at radius 2 is 2.11 bits per heavy atom. The summed E-state index contributed by atoms with van der Waals surface area (Å²) in [5.41, 5.74) is 1.04. The van der Waals surface area contributed by atoms with Crippen molar-refractivity contribution in [1.29, 1.82) is 0 Å². The van der Waals surface area contributed by atoms with E-state index < -0.39 is 0 Å². The molecule has 108 valence electrons. The summed E-state index contributed by atoms with van der Waals surface area (Å²) in [4.78, 5) is 17.3. The first-order valence-electron chi connectivity index (χ1n) is 6.39. The van der Waals surface area contributed by atoms with Crippen LogP contribution in [-0.4, -0.2) is 37.2 Å². The monoisotopic (exact) mass is 285 g/mol. The molecule has 1 rings (SSSR count). The van der Waals surface area contributed by atoms with Gasteiger partial charge in [0.2, 0.25) is 5.91 Å². The zero-order valence-corrected chi connectivity index (χ0v) is 13.1. The Labute approximate surface area is 118 Å². The Morgan fingerprint density at radius 3 is 2.63 bits per heavy atom. The fourth-order valence-corrected chi connectivity index (χ4v) is 2.86. The van der Waals surface area contributed by atoms with E-state index in [0.717, 1.165) is 10.7 Å². The van der Waals surface area contributed by atoms with E-state index >= 15 is 0 Å². The summed E-state index contributed by atoms with van der Waals surface area (Å²) in [6.07, 6.45) is 0. The van der Waals surface area contributed by atoms with Gasteiger partial charge in [0.1, 0.15) is 0 Å². The van der Waals surface area contributed by atoms with Gasteiger partial charge in [-0.05, 0) is 27.7 Å². The van der Waals surface area contributed by atoms with Crippen molar-refractivity contribution in [3.05, 3.63) is 15.6 Å². The third kappa shape index (κ3) is 5.26. The predicted octanol–water partition coefficient (Wildman–Crippen LogP) is 1.56. The van der Waals surface area contributed by atoms with Crippen molar-refractivity contribution >= 4 is 17.2 Å². The molecule has 0 bridgehead atoms. The molecule has 1 heterocycles. The smallest absolute Gasteiger partial charge is 0.234 e. The van der Waals surface area contributed by atoms with E-state index in [2.05, 4.69) is 15.6 Å². The largest absolute Gasteiger partial charge is 0.383 e. The molecule has 1 aromatic rings. The summed E-state index contributed by atoms with van der Waals surface area (Å²) in [5.74, 6) is -0.0182. The van der Waals surface area contributed by atoms with Crippen LogP contribution in [0.3, 0.4) is 0 Å². The van der Waals surface area contributed by atoms with E-state index in [9.17, 15) is 4.79 Å². The van der Waals surface area contributed by atoms with Gasteiger partial charge < -0.3 is 15.4 Å². The standard InChI is InChI=1S/C13H23N3O2S/c1-8(7-18-5)15-12(17)6-14-9(2)13-10(3)16-11(4)19-13/h8-9,14H,6-7H2,1-5H3,(H,15,17). The van der Waals surface area contributed by atoms with Gasteiger partial charge in [0.05, 0.1) is 23.9 Å². The number of thiazole rings is 1. The van der Waals surface area contributed by atoms with E-state index in [1.807, 2.05) is 27.7 Å². The lowest BCUT2D eigenvalue weighted by molar-refractivity contribution is -0.121. The van der Waals surface area contributed by atoms with Crippen LogP contribution >= 0.6 is 11.3 Å². The second-order valence-corrected chi connectivity index (χ2v) is 5.94. The molecule has 0 fully saturated rings. The van der Waals surface area contributed by atoms with Crippen LogP contribution in [0.4, 0.5) is 0 Å². The second kappa shape index (κ2) is 7.57. The van der Waals surface area contributed by atoms with Crippen molar-refractivity contribution in [2.24, 2.45) is 0 Å². The SMILES string of the molecule is COCC(C)NC(=O)CNC(C)c1sc(C)nc1C. The van der Waals surface area contributed by atoms with Crippen LogP contribution in [0, 0.1) is 13.8 Å². The van der Waals surface area contributed by atoms with E-state index in [1.165, 1.54) is 4.88 Å². The third-order valence-corrected chi connectivity index (χ3v) is 3.98. The summed E-state index contributed by atoms with van der Waals surface area (Å²) in [5, 5.41) is 7.14. The number of rotatable bonds is 7. The molecule has 2 unspecified atom stereocenters. The lowest BCUT2D eigenvalue weighted by atomic mass is 10.2. The number of carbonyl (C=O) groups is 1. The molecular weight excluding hydrogens is 262 g/mol. The molecule has 1 aromatic heterocycles. The Kier molecular flexibility index (Phi) is 6.41. The Balaban J connectivity index is 2.40. The van der Waals surface area contributed by atoms with Gasteiger partial charge in [0, 0.05) is 24.1 Å². The first kappa shape index (κ1) is 16.1. The van der Waals surface area contributed by atoms with Gasteiger partial charge in [-0.25, -0.2) is 4.98 Å². The van der Waals surface area contributed by atoms with Crippen molar-refractivity contribution in [3.8, 4) is 0 Å². The highest BCUT2D eigenvalue weighted by Crippen LogP contribution is 2.23. The van der Waals surface area contributed by atoms with Gasteiger partial charge in [0.25, 0.3) is 0 Å². The molecule has 0 radical (unpaired) electrons. The van der Waals surface area contributed by atoms with Crippen molar-refractivity contribution in [1.82, 2.24) is 15.6 Å². The first-order chi connectivity index (χ1) is 8.93. The van der Waals surface area contributed by atoms with Crippen molar-refractivity contribution in [2.75, 3.05) is 20.3 Å². The molecular formula is C13H23N3O2S. The minimum atomic E-state index is -0.0182. The number of methoxy groups -OCH3 is 1. The zero-order valence-electron chi connectivity index (χ0n) is 12.2. The van der Waals surface area contributed by atoms with Gasteiger partial charge in [-0.2, -0.15) is 0 Å². The van der Waals surface area contributed by atoms with E-state index in [-0.39, 0.29) is 18.0 Å². The van der Waals surface area contributed by atoms with Gasteiger partial charge in [-0.3, -0.25) is 4.79 Å². The molecule has 0 aromatic carbocycles. The van der Waals surface area contributed by atoms with Crippen molar-refractivity contribution < 1.29 is 9.53 Å². The fourth-order valence-electron chi connectivity index (χ4n) is 1.90. The fraction of sp³-hybridized carbons (Fsp3) is 0.692. The van der Waals surface area contributed by atoms with Crippen LogP contribution < -0.4 is 10.6 Å². The van der Waals surface area contributed by atoms with Gasteiger partial charge in [0.15, 0.2) is 0 Å². The van der Waals surface area contributed by atoms with Crippen molar-refractivity contribution in [3.63, 3.8) is 0 Å². The van der Waals surface area contributed by atoms with Gasteiger partial charge in [-0.15, -0.1) is 11.3 Å². The van der Waals surface area contributed by atoms with E-state index in [4.69, 9.17) is 4.74 Å². The van der Waals surface area contributed by atoms with Gasteiger partial charge in [-0.1, -0.05) is 0 Å². The first-order valence-corrected chi connectivity index (χ1v) is 7.21. The molecule has 6 heteroatoms. The highest BCUT2D eigenvalue weighted by atomic mass is 32.1. The summed E-state index contributed by atoms with van der Waals surface area (Å²) < 4.78 is 4.98. The second-order valence-electron chi connectivity index (χ2n) is 4.71. The number of ether oxygens (including phenoxy) is 1. The molecule has 0 spiro atoms. The number of amides is 1. The van der Waals surface area contributed by atoms with Crippen LogP contribution in [0.15, 0.2) is 0 Å². The topological polar surface area (TPSA) is 63.2 Å². The molecule has 0 saturated heterocycles. The Bertz CT molecular complexity index is 420. The number of nitrogens with zero attached hydrogens (tertiary/aromatic N) is 1. The van der Waals surface area contributed by atoms with Crippen LogP contribution in [0.2, 0.25) is 0 Å². The summed E-state index contributed by atoms with van der Waals surface area (Å²) in [6, 6.07) is 0.164. The number of hydrogen-bond donors (Lipinski definition) is 2. The van der Waals surface area contributed by atoms with Crippen LogP contribution in [-0.2, 0) is 9.53 Å². The molecule has 0 aliphatic carbocycles. The molecule has 0 aliphatic heterocycles. The quantitative estimate of drug-likeness (QED) is 0.798. The van der Waals surface area contributed by atoms with Crippen LogP contribution in [0.5, 0.6) is 0 Å². The normalized spacial score (nSPS) is 14.2. The minimum Gasteiger partial charge on any atom is -0.383 e. The lowest BCUT2D eigenvalue weighted by Crippen LogP contribution is -2.41. The number of hydrogen-bond acceptors (Lipinski definition) is 5. The van der Waals surface area contributed by atoms with E-state index in [1.54, 1.807) is 18.4 Å². The molecule has 5 nitrogen and oxygen atoms in total. The lowest BCUT2D eigenvalue weighted by Gasteiger charge is -2.15. The minimum absolute atomic E-state index is 0.0182. The third-order valence-electron chi connectivity index (χ3n) is 2.73. The molecule has 19 heavy (non-hydrogen) atoms. The maximum atomic E-state index is 11.7. The molecule has 0 aliphatic rings. The van der Waals surface area contributed by atoms with Crippen molar-refractivity contribution in [2.45, 2.75) is 39.8 Å². The highest BCUT2D eigenvalue weighted by molar-refractivity contribution is 7.11. The maximum Gasteiger partial charge on any atom is 0.234 e. The van der Waals surface area contributed by atoms with E-state index in [0.29, 0.717) is 13.2 Å². The molecule has 2 N–H and O–H groups in total. The number of aryl methyl sites for hydroxylation is 2. The van der Waals surface area contributed by atoms with Crippen LogP contribution in [0.25, 0.3) is 0 Å². The summed E-state index contributed by atoms with van der Waals surface area (Å²) >= 11 is 1.67. The predicted molar refractivity (Wildman–Crippen MR) is 77.5 cm³/mol. The highest BCUT2D eigenvalue weighted by Gasteiger charge is 2.14. The van der Waals surface area contributed by atoms with Crippen LogP contribution in [0.1, 0.15) is 35.5 Å². The number of carbonyl (C=O) groups excluding carboxylic acids is 1. The molecule has 2 atom stereocenters. The average molecular weight is 285 g/mol. The summed E-state index contributed by atoms with van der Waals surface area (Å²) in [7, 11) is 1.62. The zero-order chi connectivity index (χ0) is 14.4. The summed E-state index contributed by atoms with van der Waals surface area (Å²) in [6.45, 7) is 8.78. The Morgan fingerprint density at radius 1 is 1.42 bits per heavy atom. The number of aromatic nitrogens is 1.